The van der Waals surface area contributed by atoms with Gasteiger partial charge in [-0.05, 0) is 25.0 Å². The molecule has 1 aromatic carbocycles. The van der Waals surface area contributed by atoms with Gasteiger partial charge in [-0.25, -0.2) is 0 Å². The third kappa shape index (κ3) is 1.60. The molecule has 16 heavy (non-hydrogen) atoms. The highest BCUT2D eigenvalue weighted by Gasteiger charge is 2.28. The molecule has 1 heterocycles. The Morgan fingerprint density at radius 2 is 2.31 bits per heavy atom. The number of nitrogen functional groups attached to an aromatic ring is 1. The number of nitrogens with zero attached hydrogens (tertiary/aromatic N) is 1. The molecule has 0 bridgehead atoms. The molecule has 1 amide bonds. The third-order valence-corrected chi connectivity index (χ3v) is 3.15. The van der Waals surface area contributed by atoms with E-state index in [1.54, 1.807) is 7.05 Å². The Labute approximate surface area is 95.4 Å². The van der Waals surface area contributed by atoms with Gasteiger partial charge in [0.15, 0.2) is 0 Å². The van der Waals surface area contributed by atoms with E-state index >= 15 is 0 Å². The second kappa shape index (κ2) is 4.04. The molecule has 0 aliphatic carbocycles. The molecular formula is C12H17N3O. The highest BCUT2D eigenvalue weighted by Crippen LogP contribution is 2.34. The maximum Gasteiger partial charge on any atom is 0.242 e. The van der Waals surface area contributed by atoms with Crippen molar-refractivity contribution < 1.29 is 4.79 Å². The van der Waals surface area contributed by atoms with Crippen LogP contribution in [-0.2, 0) is 11.2 Å². The Bertz CT molecular complexity index is 417. The summed E-state index contributed by atoms with van der Waals surface area (Å²) in [4.78, 5) is 13.7. The van der Waals surface area contributed by atoms with Crippen molar-refractivity contribution in [3.63, 3.8) is 0 Å². The van der Waals surface area contributed by atoms with Crippen LogP contribution in [0.3, 0.4) is 0 Å². The number of anilines is 2. The van der Waals surface area contributed by atoms with Gasteiger partial charge in [-0.1, -0.05) is 12.1 Å². The number of hydrogen-bond donors (Lipinski definition) is 2. The van der Waals surface area contributed by atoms with E-state index in [4.69, 9.17) is 5.73 Å². The largest absolute Gasteiger partial charge is 0.397 e. The number of amides is 1. The fraction of sp³-hybridized carbons (Fsp3) is 0.417. The molecule has 0 saturated carbocycles. The van der Waals surface area contributed by atoms with Crippen LogP contribution in [0.25, 0.3) is 0 Å². The molecule has 0 aromatic heterocycles. The zero-order valence-corrected chi connectivity index (χ0v) is 9.66. The molecule has 1 atom stereocenters. The van der Waals surface area contributed by atoms with E-state index in [2.05, 4.69) is 16.3 Å². The predicted octanol–water partition coefficient (Wildman–Crippen LogP) is 0.766. The van der Waals surface area contributed by atoms with Crippen LogP contribution >= 0.6 is 0 Å². The molecule has 0 radical (unpaired) electrons. The van der Waals surface area contributed by atoms with Gasteiger partial charge in [-0.3, -0.25) is 4.79 Å². The van der Waals surface area contributed by atoms with Crippen LogP contribution in [0.5, 0.6) is 0 Å². The molecule has 3 N–H and O–H groups in total. The topological polar surface area (TPSA) is 58.4 Å². The number of nitrogens with two attached hydrogens (primary N) is 1. The lowest BCUT2D eigenvalue weighted by atomic mass is 10.1. The molecule has 0 spiro atoms. The summed E-state index contributed by atoms with van der Waals surface area (Å²) >= 11 is 0. The number of hydrogen-bond acceptors (Lipinski definition) is 3. The van der Waals surface area contributed by atoms with Crippen LogP contribution < -0.4 is 16.0 Å². The fourth-order valence-electron chi connectivity index (χ4n) is 2.25. The van der Waals surface area contributed by atoms with E-state index in [-0.39, 0.29) is 11.9 Å². The van der Waals surface area contributed by atoms with Crippen LogP contribution in [0.1, 0.15) is 12.5 Å². The summed E-state index contributed by atoms with van der Waals surface area (Å²) in [6, 6.07) is 5.74. The average molecular weight is 219 g/mol. The van der Waals surface area contributed by atoms with Crippen LogP contribution in [0, 0.1) is 0 Å². The summed E-state index contributed by atoms with van der Waals surface area (Å²) in [5, 5.41) is 2.67. The van der Waals surface area contributed by atoms with Crippen molar-refractivity contribution in [3.05, 3.63) is 23.8 Å². The second-order valence-electron chi connectivity index (χ2n) is 4.09. The predicted molar refractivity (Wildman–Crippen MR) is 65.4 cm³/mol. The monoisotopic (exact) mass is 219 g/mol. The van der Waals surface area contributed by atoms with Crippen molar-refractivity contribution in [3.8, 4) is 0 Å². The van der Waals surface area contributed by atoms with Gasteiger partial charge in [-0.2, -0.15) is 0 Å². The standard InChI is InChI=1S/C12H17N3O/c1-8(12(16)14-2)15-7-6-9-4-3-5-10(13)11(9)15/h3-5,8H,6-7,13H2,1-2H3,(H,14,16). The Hall–Kier alpha value is -1.71. The highest BCUT2D eigenvalue weighted by atomic mass is 16.2. The first-order valence-electron chi connectivity index (χ1n) is 5.50. The first-order valence-corrected chi connectivity index (χ1v) is 5.50. The van der Waals surface area contributed by atoms with E-state index in [0.717, 1.165) is 24.3 Å². The van der Waals surface area contributed by atoms with E-state index in [1.807, 2.05) is 19.1 Å². The summed E-state index contributed by atoms with van der Waals surface area (Å²) in [6.45, 7) is 2.76. The number of likely N-dealkylation sites (N-methyl/N-ethyl adjacent to an activating group) is 1. The van der Waals surface area contributed by atoms with E-state index in [9.17, 15) is 4.79 Å². The SMILES string of the molecule is CNC(=O)C(C)N1CCc2cccc(N)c21. The Kier molecular flexibility index (Phi) is 2.73. The number of benzene rings is 1. The molecule has 86 valence electrons. The van der Waals surface area contributed by atoms with Crippen LogP contribution in [0.15, 0.2) is 18.2 Å². The van der Waals surface area contributed by atoms with Gasteiger partial charge in [0, 0.05) is 13.6 Å². The fourth-order valence-corrected chi connectivity index (χ4v) is 2.25. The van der Waals surface area contributed by atoms with Crippen molar-refractivity contribution in [2.24, 2.45) is 0 Å². The molecule has 4 nitrogen and oxygen atoms in total. The lowest BCUT2D eigenvalue weighted by molar-refractivity contribution is -0.121. The normalized spacial score (nSPS) is 15.8. The summed E-state index contributed by atoms with van der Waals surface area (Å²) in [5.41, 5.74) is 8.98. The summed E-state index contributed by atoms with van der Waals surface area (Å²) in [6.07, 6.45) is 0.960. The van der Waals surface area contributed by atoms with Crippen molar-refractivity contribution in [2.75, 3.05) is 24.2 Å². The van der Waals surface area contributed by atoms with Gasteiger partial charge in [0.1, 0.15) is 6.04 Å². The van der Waals surface area contributed by atoms with Crippen molar-refractivity contribution in [1.29, 1.82) is 0 Å². The third-order valence-electron chi connectivity index (χ3n) is 3.15. The van der Waals surface area contributed by atoms with Gasteiger partial charge in [0.05, 0.1) is 11.4 Å². The Morgan fingerprint density at radius 3 is 3.00 bits per heavy atom. The molecule has 1 unspecified atom stereocenters. The van der Waals surface area contributed by atoms with Gasteiger partial charge in [0.2, 0.25) is 5.91 Å². The zero-order valence-electron chi connectivity index (χ0n) is 9.66. The maximum atomic E-state index is 11.6. The first kappa shape index (κ1) is 10.8. The first-order chi connectivity index (χ1) is 7.65. The highest BCUT2D eigenvalue weighted by molar-refractivity contribution is 5.87. The summed E-state index contributed by atoms with van der Waals surface area (Å²) in [5.74, 6) is 0.0242. The number of fused-ring (bicyclic) bond motifs is 1. The lowest BCUT2D eigenvalue weighted by Crippen LogP contribution is -2.43. The minimum absolute atomic E-state index is 0.0242. The Morgan fingerprint density at radius 1 is 1.56 bits per heavy atom. The Balaban J connectivity index is 2.33. The number of carbonyl (C=O) groups excluding carboxylic acids is 1. The number of para-hydroxylation sites is 1. The van der Waals surface area contributed by atoms with E-state index < -0.39 is 0 Å². The second-order valence-corrected chi connectivity index (χ2v) is 4.09. The molecule has 0 fully saturated rings. The van der Waals surface area contributed by atoms with Gasteiger partial charge >= 0.3 is 0 Å². The molecule has 1 aliphatic heterocycles. The molecule has 4 heteroatoms. The lowest BCUT2D eigenvalue weighted by Gasteiger charge is -2.26. The van der Waals surface area contributed by atoms with Crippen LogP contribution in [0.4, 0.5) is 11.4 Å². The van der Waals surface area contributed by atoms with Crippen LogP contribution in [0.2, 0.25) is 0 Å². The summed E-state index contributed by atoms with van der Waals surface area (Å²) in [7, 11) is 1.66. The number of nitrogens with one attached hydrogen (secondary N) is 1. The summed E-state index contributed by atoms with van der Waals surface area (Å²) < 4.78 is 0. The molecule has 0 saturated heterocycles. The van der Waals surface area contributed by atoms with E-state index in [1.165, 1.54) is 5.56 Å². The minimum Gasteiger partial charge on any atom is -0.397 e. The average Bonchev–Trinajstić information content (AvgIpc) is 2.72. The van der Waals surface area contributed by atoms with Crippen molar-refractivity contribution in [1.82, 2.24) is 5.32 Å². The van der Waals surface area contributed by atoms with Gasteiger partial charge < -0.3 is 16.0 Å². The van der Waals surface area contributed by atoms with Crippen molar-refractivity contribution in [2.45, 2.75) is 19.4 Å². The maximum absolute atomic E-state index is 11.6. The molecular weight excluding hydrogens is 202 g/mol. The molecule has 2 rings (SSSR count). The van der Waals surface area contributed by atoms with E-state index in [0.29, 0.717) is 0 Å². The van der Waals surface area contributed by atoms with Gasteiger partial charge in [0.25, 0.3) is 0 Å². The number of carbonyl (C=O) groups is 1. The zero-order chi connectivity index (χ0) is 11.7. The van der Waals surface area contributed by atoms with Crippen LogP contribution in [-0.4, -0.2) is 25.5 Å². The number of rotatable bonds is 2. The molecule has 1 aromatic rings. The van der Waals surface area contributed by atoms with Crippen molar-refractivity contribution >= 4 is 17.3 Å². The molecule has 1 aliphatic rings. The minimum atomic E-state index is -0.170. The smallest absolute Gasteiger partial charge is 0.242 e. The quantitative estimate of drug-likeness (QED) is 0.722. The van der Waals surface area contributed by atoms with Gasteiger partial charge in [-0.15, -0.1) is 0 Å².